The van der Waals surface area contributed by atoms with Crippen molar-refractivity contribution in [2.75, 3.05) is 14.1 Å². The summed E-state index contributed by atoms with van der Waals surface area (Å²) in [5, 5.41) is 5.83. The molecule has 0 spiro atoms. The van der Waals surface area contributed by atoms with E-state index in [0.29, 0.717) is 0 Å². The van der Waals surface area contributed by atoms with Crippen molar-refractivity contribution < 1.29 is 0 Å². The molecule has 0 aliphatic rings. The van der Waals surface area contributed by atoms with Gasteiger partial charge >= 0.3 is 0 Å². The molecule has 0 aromatic rings. The molecule has 2 heteroatoms. The van der Waals surface area contributed by atoms with Crippen LogP contribution in [0.25, 0.3) is 0 Å². The van der Waals surface area contributed by atoms with Gasteiger partial charge in [0.05, 0.1) is 5.71 Å². The van der Waals surface area contributed by atoms with E-state index in [0.717, 1.165) is 11.3 Å². The molecule has 88 valence electrons. The Kier molecular flexibility index (Phi) is 19.5. The van der Waals surface area contributed by atoms with Crippen molar-refractivity contribution in [1.82, 2.24) is 5.01 Å². The molecule has 0 radical (unpaired) electrons. The average Bonchev–Trinajstić information content (AvgIpc) is 2.30. The zero-order valence-electron chi connectivity index (χ0n) is 11.2. The Morgan fingerprint density at radius 3 is 1.60 bits per heavy atom. The number of allylic oxidation sites excluding steroid dienone is 3. The summed E-state index contributed by atoms with van der Waals surface area (Å²) in [6.07, 6.45) is 3.31. The Morgan fingerprint density at radius 1 is 1.00 bits per heavy atom. The van der Waals surface area contributed by atoms with E-state index in [9.17, 15) is 0 Å². The zero-order chi connectivity index (χ0) is 12.9. The van der Waals surface area contributed by atoms with Crippen LogP contribution in [0.4, 0.5) is 0 Å². The lowest BCUT2D eigenvalue weighted by atomic mass is 10.2. The normalized spacial score (nSPS) is 8.53. The summed E-state index contributed by atoms with van der Waals surface area (Å²) in [6, 6.07) is 0. The molecule has 15 heavy (non-hydrogen) atoms. The molecule has 0 aliphatic carbocycles. The lowest BCUT2D eigenvalue weighted by Crippen LogP contribution is -2.07. The van der Waals surface area contributed by atoms with Crippen molar-refractivity contribution in [2.24, 2.45) is 5.10 Å². The molecule has 0 bridgehead atoms. The van der Waals surface area contributed by atoms with Crippen LogP contribution in [0.5, 0.6) is 0 Å². The summed E-state index contributed by atoms with van der Waals surface area (Å²) in [4.78, 5) is 0. The zero-order valence-corrected chi connectivity index (χ0v) is 11.2. The third-order valence-electron chi connectivity index (χ3n) is 1.08. The van der Waals surface area contributed by atoms with Crippen LogP contribution in [0.2, 0.25) is 0 Å². The summed E-state index contributed by atoms with van der Waals surface area (Å²) in [5.74, 6) is 0. The molecule has 0 heterocycles. The number of hydrogen-bond acceptors (Lipinski definition) is 2. The van der Waals surface area contributed by atoms with E-state index in [1.165, 1.54) is 0 Å². The minimum absolute atomic E-state index is 0.755. The van der Waals surface area contributed by atoms with Gasteiger partial charge in [0.25, 0.3) is 0 Å². The SMILES string of the molecule is C=CC(=C)/C(C=C)=N\N(C)C.CC.CC. The monoisotopic (exact) mass is 210 g/mol. The highest BCUT2D eigenvalue weighted by molar-refractivity contribution is 6.09. The summed E-state index contributed by atoms with van der Waals surface area (Å²) in [5.41, 5.74) is 1.54. The first-order chi connectivity index (χ1) is 7.11. The van der Waals surface area contributed by atoms with Gasteiger partial charge in [-0.05, 0) is 11.6 Å². The fourth-order valence-corrected chi connectivity index (χ4v) is 0.556. The van der Waals surface area contributed by atoms with E-state index in [2.05, 4.69) is 24.8 Å². The molecule has 0 aromatic carbocycles. The molecule has 0 atom stereocenters. The van der Waals surface area contributed by atoms with Crippen molar-refractivity contribution in [1.29, 1.82) is 0 Å². The van der Waals surface area contributed by atoms with Crippen molar-refractivity contribution in [2.45, 2.75) is 27.7 Å². The van der Waals surface area contributed by atoms with Gasteiger partial charge in [-0.25, -0.2) is 0 Å². The number of hydrazone groups is 1. The van der Waals surface area contributed by atoms with Crippen LogP contribution in [0.1, 0.15) is 27.7 Å². The van der Waals surface area contributed by atoms with Gasteiger partial charge < -0.3 is 5.01 Å². The molecule has 0 amide bonds. The largest absolute Gasteiger partial charge is 0.303 e. The second-order valence-corrected chi connectivity index (χ2v) is 2.27. The topological polar surface area (TPSA) is 15.6 Å². The molecule has 0 N–H and O–H groups in total. The molecule has 0 unspecified atom stereocenters. The van der Waals surface area contributed by atoms with Gasteiger partial charge in [-0.3, -0.25) is 0 Å². The van der Waals surface area contributed by atoms with E-state index in [4.69, 9.17) is 0 Å². The van der Waals surface area contributed by atoms with Crippen LogP contribution in [0.15, 0.2) is 42.6 Å². The van der Waals surface area contributed by atoms with Crippen molar-refractivity contribution in [3.05, 3.63) is 37.5 Å². The molecular weight excluding hydrogens is 184 g/mol. The Balaban J connectivity index is -0.000000318. The second-order valence-electron chi connectivity index (χ2n) is 2.27. The third-order valence-corrected chi connectivity index (χ3v) is 1.08. The molecule has 0 saturated carbocycles. The first-order valence-electron chi connectivity index (χ1n) is 5.32. The Hall–Kier alpha value is -1.31. The minimum atomic E-state index is 0.755. The fraction of sp³-hybridized carbons (Fsp3) is 0.462. The molecule has 0 saturated heterocycles. The summed E-state index contributed by atoms with van der Waals surface area (Å²) in [7, 11) is 3.69. The average molecular weight is 210 g/mol. The Morgan fingerprint density at radius 2 is 1.40 bits per heavy atom. The van der Waals surface area contributed by atoms with E-state index >= 15 is 0 Å². The van der Waals surface area contributed by atoms with Gasteiger partial charge in [-0.15, -0.1) is 0 Å². The molecule has 0 rings (SSSR count). The fourth-order valence-electron chi connectivity index (χ4n) is 0.556. The predicted molar refractivity (Wildman–Crippen MR) is 73.4 cm³/mol. The maximum Gasteiger partial charge on any atom is 0.0891 e. The molecule has 0 fully saturated rings. The van der Waals surface area contributed by atoms with Gasteiger partial charge in [0, 0.05) is 14.1 Å². The minimum Gasteiger partial charge on any atom is -0.303 e. The van der Waals surface area contributed by atoms with Gasteiger partial charge in [0.1, 0.15) is 0 Å². The highest BCUT2D eigenvalue weighted by Crippen LogP contribution is 1.98. The third kappa shape index (κ3) is 12.7. The van der Waals surface area contributed by atoms with Crippen molar-refractivity contribution in [3.63, 3.8) is 0 Å². The van der Waals surface area contributed by atoms with Crippen molar-refractivity contribution in [3.8, 4) is 0 Å². The number of rotatable bonds is 4. The summed E-state index contributed by atoms with van der Waals surface area (Å²) >= 11 is 0. The predicted octanol–water partition coefficient (Wildman–Crippen LogP) is 3.88. The van der Waals surface area contributed by atoms with Crippen LogP contribution in [0.3, 0.4) is 0 Å². The maximum absolute atomic E-state index is 4.13. The highest BCUT2D eigenvalue weighted by atomic mass is 15.4. The van der Waals surface area contributed by atoms with Crippen molar-refractivity contribution >= 4 is 5.71 Å². The summed E-state index contributed by atoms with van der Waals surface area (Å²) in [6.45, 7) is 19.0. The highest BCUT2D eigenvalue weighted by Gasteiger charge is 1.95. The lowest BCUT2D eigenvalue weighted by molar-refractivity contribution is 0.438. The van der Waals surface area contributed by atoms with Crippen LogP contribution in [-0.4, -0.2) is 24.8 Å². The van der Waals surface area contributed by atoms with Gasteiger partial charge in [-0.2, -0.15) is 5.10 Å². The van der Waals surface area contributed by atoms with Gasteiger partial charge in [-0.1, -0.05) is 53.5 Å². The quantitative estimate of drug-likeness (QED) is 0.390. The Labute approximate surface area is 95.7 Å². The van der Waals surface area contributed by atoms with Crippen LogP contribution in [0, 0.1) is 0 Å². The number of nitrogens with zero attached hydrogens (tertiary/aromatic N) is 2. The first kappa shape index (κ1) is 19.3. The van der Waals surface area contributed by atoms with E-state index in [1.54, 1.807) is 17.2 Å². The van der Waals surface area contributed by atoms with Crippen LogP contribution < -0.4 is 0 Å². The van der Waals surface area contributed by atoms with Crippen LogP contribution in [-0.2, 0) is 0 Å². The smallest absolute Gasteiger partial charge is 0.0891 e. The van der Waals surface area contributed by atoms with E-state index in [1.807, 2.05) is 41.8 Å². The summed E-state index contributed by atoms with van der Waals surface area (Å²) < 4.78 is 0. The lowest BCUT2D eigenvalue weighted by Gasteiger charge is -2.06. The van der Waals surface area contributed by atoms with Gasteiger partial charge in [0.15, 0.2) is 0 Å². The number of hydrogen-bond donors (Lipinski definition) is 0. The molecule has 2 nitrogen and oxygen atoms in total. The first-order valence-corrected chi connectivity index (χ1v) is 5.32. The second kappa shape index (κ2) is 15.2. The van der Waals surface area contributed by atoms with E-state index < -0.39 is 0 Å². The Bertz CT molecular complexity index is 201. The molecule has 0 aliphatic heterocycles. The standard InChI is InChI=1S/C9H14N2.2C2H6/c1-6-8(3)9(7-2)10-11(4)5;2*1-2/h6-7H,1-3H2,4-5H3;2*1-2H3/b10-9-;;. The molecule has 0 aromatic heterocycles. The molecular formula is C13H26N2. The maximum atomic E-state index is 4.13. The van der Waals surface area contributed by atoms with Crippen LogP contribution >= 0.6 is 0 Å². The van der Waals surface area contributed by atoms with Gasteiger partial charge in [0.2, 0.25) is 0 Å². The van der Waals surface area contributed by atoms with E-state index in [-0.39, 0.29) is 0 Å².